The van der Waals surface area contributed by atoms with E-state index in [0.29, 0.717) is 16.4 Å². The fourth-order valence-corrected chi connectivity index (χ4v) is 5.07. The average Bonchev–Trinajstić information content (AvgIpc) is 3.47. The van der Waals surface area contributed by atoms with Gasteiger partial charge in [0.2, 0.25) is 5.13 Å². The quantitative estimate of drug-likeness (QED) is 0.399. The zero-order chi connectivity index (χ0) is 21.4. The van der Waals surface area contributed by atoms with Crippen LogP contribution in [0.3, 0.4) is 0 Å². The number of fused-ring (bicyclic) bond motifs is 1. The number of nitrogens with one attached hydrogen (secondary N) is 1. The summed E-state index contributed by atoms with van der Waals surface area (Å²) in [6.45, 7) is 1.89. The number of aromatic nitrogens is 4. The largest absolute Gasteiger partial charge is 0.296 e. The molecular formula is C22H16FN5OS2. The van der Waals surface area contributed by atoms with Gasteiger partial charge in [0.15, 0.2) is 0 Å². The lowest BCUT2D eigenvalue weighted by atomic mass is 10.2. The van der Waals surface area contributed by atoms with Crippen molar-refractivity contribution in [1.82, 2.24) is 20.0 Å². The summed E-state index contributed by atoms with van der Waals surface area (Å²) in [5, 5.41) is 17.8. The van der Waals surface area contributed by atoms with E-state index < -0.39 is 0 Å². The molecule has 0 radical (unpaired) electrons. The molecule has 154 valence electrons. The zero-order valence-corrected chi connectivity index (χ0v) is 18.0. The Morgan fingerprint density at radius 1 is 1.06 bits per heavy atom. The third kappa shape index (κ3) is 3.97. The number of aryl methyl sites for hydroxylation is 1. The molecule has 0 spiro atoms. The molecule has 9 heteroatoms. The zero-order valence-electron chi connectivity index (χ0n) is 16.4. The van der Waals surface area contributed by atoms with Crippen LogP contribution in [0.1, 0.15) is 25.9 Å². The van der Waals surface area contributed by atoms with Crippen LogP contribution in [0.5, 0.6) is 0 Å². The third-order valence-electron chi connectivity index (χ3n) is 4.73. The lowest BCUT2D eigenvalue weighted by Gasteiger charge is -2.02. The molecule has 5 aromatic rings. The van der Waals surface area contributed by atoms with E-state index in [1.165, 1.54) is 34.8 Å². The first-order chi connectivity index (χ1) is 15.1. The molecule has 2 aromatic carbocycles. The Bertz CT molecular complexity index is 1370. The Morgan fingerprint density at radius 2 is 1.84 bits per heavy atom. The van der Waals surface area contributed by atoms with Crippen LogP contribution in [-0.2, 0) is 6.42 Å². The van der Waals surface area contributed by atoms with Crippen molar-refractivity contribution >= 4 is 43.9 Å². The number of anilines is 1. The molecule has 1 N–H and O–H groups in total. The summed E-state index contributed by atoms with van der Waals surface area (Å²) in [6, 6.07) is 17.9. The second-order valence-electron chi connectivity index (χ2n) is 6.92. The summed E-state index contributed by atoms with van der Waals surface area (Å²) >= 11 is 2.69. The minimum Gasteiger partial charge on any atom is -0.296 e. The molecule has 0 saturated carbocycles. The Labute approximate surface area is 185 Å². The molecule has 3 heterocycles. The normalized spacial score (nSPS) is 11.2. The number of benzene rings is 2. The molecule has 6 nitrogen and oxygen atoms in total. The smallest absolute Gasteiger partial charge is 0.267 e. The first-order valence-electron chi connectivity index (χ1n) is 9.49. The molecule has 31 heavy (non-hydrogen) atoms. The number of thiophene rings is 1. The molecule has 3 aromatic heterocycles. The lowest BCUT2D eigenvalue weighted by molar-refractivity contribution is 0.103. The van der Waals surface area contributed by atoms with Crippen LogP contribution in [0.2, 0.25) is 0 Å². The average molecular weight is 450 g/mol. The van der Waals surface area contributed by atoms with Crippen molar-refractivity contribution in [2.24, 2.45) is 0 Å². The number of carbonyl (C=O) groups is 1. The predicted octanol–water partition coefficient (Wildman–Crippen LogP) is 5.23. The second kappa shape index (κ2) is 8.01. The highest BCUT2D eigenvalue weighted by atomic mass is 32.1. The number of hydrogen-bond acceptors (Lipinski definition) is 6. The summed E-state index contributed by atoms with van der Waals surface area (Å²) in [7, 11) is 0. The van der Waals surface area contributed by atoms with Crippen LogP contribution in [0.25, 0.3) is 15.9 Å². The van der Waals surface area contributed by atoms with Crippen LogP contribution in [0, 0.1) is 12.7 Å². The van der Waals surface area contributed by atoms with E-state index in [2.05, 4.69) is 20.6 Å². The minimum absolute atomic E-state index is 0.242. The molecule has 0 unspecified atom stereocenters. The van der Waals surface area contributed by atoms with E-state index in [4.69, 9.17) is 0 Å². The highest BCUT2D eigenvalue weighted by Gasteiger charge is 2.18. The summed E-state index contributed by atoms with van der Waals surface area (Å²) in [6.07, 6.45) is 0.671. The fraction of sp³-hybridized carbons (Fsp3) is 0.0909. The monoisotopic (exact) mass is 449 g/mol. The summed E-state index contributed by atoms with van der Waals surface area (Å²) in [4.78, 5) is 14.2. The summed E-state index contributed by atoms with van der Waals surface area (Å²) in [5.74, 6) is -0.549. The SMILES string of the molecule is Cc1nn(-c2ccc(F)cc2)c2sc(C(=O)Nc3nnc(Cc4ccccc4)s3)cc12. The highest BCUT2D eigenvalue weighted by molar-refractivity contribution is 7.20. The van der Waals surface area contributed by atoms with E-state index in [-0.39, 0.29) is 11.7 Å². The number of hydrogen-bond donors (Lipinski definition) is 1. The van der Waals surface area contributed by atoms with Gasteiger partial charge in [0.1, 0.15) is 15.7 Å². The van der Waals surface area contributed by atoms with Crippen molar-refractivity contribution in [3.63, 3.8) is 0 Å². The van der Waals surface area contributed by atoms with Crippen molar-refractivity contribution in [3.8, 4) is 5.69 Å². The number of amides is 1. The predicted molar refractivity (Wildman–Crippen MR) is 121 cm³/mol. The molecular weight excluding hydrogens is 433 g/mol. The van der Waals surface area contributed by atoms with E-state index in [1.54, 1.807) is 16.8 Å². The molecule has 0 aliphatic rings. The Balaban J connectivity index is 1.37. The van der Waals surface area contributed by atoms with Crippen molar-refractivity contribution in [3.05, 3.63) is 87.6 Å². The van der Waals surface area contributed by atoms with Gasteiger partial charge >= 0.3 is 0 Å². The third-order valence-corrected chi connectivity index (χ3v) is 6.67. The van der Waals surface area contributed by atoms with Gasteiger partial charge in [-0.1, -0.05) is 41.7 Å². The summed E-state index contributed by atoms with van der Waals surface area (Å²) < 4.78 is 15.0. The van der Waals surface area contributed by atoms with Crippen molar-refractivity contribution < 1.29 is 9.18 Å². The van der Waals surface area contributed by atoms with Gasteiger partial charge in [-0.3, -0.25) is 10.1 Å². The molecule has 1 amide bonds. The van der Waals surface area contributed by atoms with E-state index >= 15 is 0 Å². The van der Waals surface area contributed by atoms with Crippen LogP contribution in [0.15, 0.2) is 60.7 Å². The van der Waals surface area contributed by atoms with Crippen LogP contribution in [0.4, 0.5) is 9.52 Å². The standard InChI is InChI=1S/C22H16FN5OS2/c1-13-17-12-18(30-21(17)28(27-13)16-9-7-15(23)8-10-16)20(29)24-22-26-25-19(31-22)11-14-5-3-2-4-6-14/h2-10,12H,11H2,1H3,(H,24,26,29). The maximum Gasteiger partial charge on any atom is 0.267 e. The van der Waals surface area contributed by atoms with Gasteiger partial charge in [-0.25, -0.2) is 9.07 Å². The molecule has 0 saturated heterocycles. The molecule has 0 aliphatic heterocycles. The topological polar surface area (TPSA) is 72.7 Å². The van der Waals surface area contributed by atoms with E-state index in [0.717, 1.165) is 32.2 Å². The molecule has 0 aliphatic carbocycles. The van der Waals surface area contributed by atoms with Gasteiger partial charge in [-0.05, 0) is 42.8 Å². The Kier molecular flexibility index (Phi) is 5.05. The molecule has 0 bridgehead atoms. The van der Waals surface area contributed by atoms with Gasteiger partial charge in [0.05, 0.1) is 16.3 Å². The van der Waals surface area contributed by atoms with Crippen LogP contribution in [-0.4, -0.2) is 25.9 Å². The first-order valence-corrected chi connectivity index (χ1v) is 11.1. The molecule has 0 fully saturated rings. The molecule has 5 rings (SSSR count). The van der Waals surface area contributed by atoms with Crippen molar-refractivity contribution in [2.75, 3.05) is 5.32 Å². The van der Waals surface area contributed by atoms with Gasteiger partial charge in [0.25, 0.3) is 5.91 Å². The highest BCUT2D eigenvalue weighted by Crippen LogP contribution is 2.31. The van der Waals surface area contributed by atoms with Gasteiger partial charge in [-0.15, -0.1) is 21.5 Å². The van der Waals surface area contributed by atoms with Gasteiger partial charge < -0.3 is 0 Å². The Hall–Kier alpha value is -3.43. The van der Waals surface area contributed by atoms with Crippen molar-refractivity contribution in [1.29, 1.82) is 0 Å². The van der Waals surface area contributed by atoms with Gasteiger partial charge in [-0.2, -0.15) is 5.10 Å². The maximum absolute atomic E-state index is 13.3. The first kappa shape index (κ1) is 19.5. The maximum atomic E-state index is 13.3. The number of carbonyl (C=O) groups excluding carboxylic acids is 1. The number of halogens is 1. The van der Waals surface area contributed by atoms with Crippen LogP contribution < -0.4 is 5.32 Å². The lowest BCUT2D eigenvalue weighted by Crippen LogP contribution is -2.09. The van der Waals surface area contributed by atoms with E-state index in [9.17, 15) is 9.18 Å². The fourth-order valence-electron chi connectivity index (χ4n) is 3.22. The number of rotatable bonds is 5. The second-order valence-corrected chi connectivity index (χ2v) is 9.01. The van der Waals surface area contributed by atoms with Crippen molar-refractivity contribution in [2.45, 2.75) is 13.3 Å². The Morgan fingerprint density at radius 3 is 2.61 bits per heavy atom. The summed E-state index contributed by atoms with van der Waals surface area (Å²) in [5.41, 5.74) is 2.68. The number of nitrogens with zero attached hydrogens (tertiary/aromatic N) is 4. The van der Waals surface area contributed by atoms with Gasteiger partial charge in [0, 0.05) is 11.8 Å². The minimum atomic E-state index is -0.307. The van der Waals surface area contributed by atoms with E-state index in [1.807, 2.05) is 43.3 Å². The van der Waals surface area contributed by atoms with Crippen LogP contribution >= 0.6 is 22.7 Å². The molecule has 0 atom stereocenters.